The molecule has 2 aliphatic rings. The molecule has 9 nitrogen and oxygen atoms in total. The average molecular weight is 482 g/mol. The van der Waals surface area contributed by atoms with E-state index in [1.807, 2.05) is 18.3 Å². The molecule has 2 aromatic carbocycles. The van der Waals surface area contributed by atoms with Crippen molar-refractivity contribution >= 4 is 29.3 Å². The van der Waals surface area contributed by atoms with Crippen LogP contribution in [0.5, 0.6) is 11.5 Å². The molecule has 1 unspecified atom stereocenters. The summed E-state index contributed by atoms with van der Waals surface area (Å²) in [5, 5.41) is 8.34. The first-order valence-corrected chi connectivity index (χ1v) is 11.3. The quantitative estimate of drug-likeness (QED) is 0.600. The lowest BCUT2D eigenvalue weighted by molar-refractivity contribution is 0.0991. The summed E-state index contributed by atoms with van der Waals surface area (Å²) < 4.78 is 12.7. The Kier molecular flexibility index (Phi) is 5.89. The summed E-state index contributed by atoms with van der Waals surface area (Å²) >= 11 is 5.96. The normalized spacial score (nSPS) is 17.1. The Hall–Kier alpha value is -3.56. The Morgan fingerprint density at radius 1 is 1.18 bits per heavy atom. The molecular formula is C24H24ClN5O4. The Morgan fingerprint density at radius 3 is 2.62 bits per heavy atom. The van der Waals surface area contributed by atoms with Gasteiger partial charge in [-0.2, -0.15) is 5.10 Å². The molecule has 5 rings (SSSR count). The minimum absolute atomic E-state index is 0.0980. The first kappa shape index (κ1) is 22.2. The number of hydrogen-bond acceptors (Lipinski definition) is 6. The number of rotatable bonds is 5. The van der Waals surface area contributed by atoms with Gasteiger partial charge < -0.3 is 24.6 Å². The Morgan fingerprint density at radius 2 is 1.94 bits per heavy atom. The highest BCUT2D eigenvalue weighted by molar-refractivity contribution is 6.30. The fraction of sp³-hybridized carbons (Fsp3) is 0.292. The zero-order chi connectivity index (χ0) is 23.8. The van der Waals surface area contributed by atoms with Gasteiger partial charge in [0.15, 0.2) is 17.2 Å². The second-order valence-electron chi connectivity index (χ2n) is 8.28. The van der Waals surface area contributed by atoms with Crippen LogP contribution in [0.2, 0.25) is 5.02 Å². The molecule has 10 heteroatoms. The summed E-state index contributed by atoms with van der Waals surface area (Å²) in [5.74, 6) is 0.460. The predicted molar refractivity (Wildman–Crippen MR) is 127 cm³/mol. The van der Waals surface area contributed by atoms with Crippen LogP contribution >= 0.6 is 11.6 Å². The molecular weight excluding hydrogens is 458 g/mol. The number of hydrogen-bond donors (Lipinski definition) is 1. The van der Waals surface area contributed by atoms with Crippen molar-refractivity contribution in [2.75, 3.05) is 32.1 Å². The van der Waals surface area contributed by atoms with Crippen LogP contribution in [0.1, 0.15) is 22.5 Å². The van der Waals surface area contributed by atoms with E-state index in [1.165, 1.54) is 7.11 Å². The summed E-state index contributed by atoms with van der Waals surface area (Å²) in [4.78, 5) is 28.9. The van der Waals surface area contributed by atoms with E-state index in [4.69, 9.17) is 21.1 Å². The van der Waals surface area contributed by atoms with Crippen molar-refractivity contribution in [1.29, 1.82) is 0 Å². The van der Waals surface area contributed by atoms with Crippen molar-refractivity contribution in [2.24, 2.45) is 0 Å². The summed E-state index contributed by atoms with van der Waals surface area (Å²) in [6, 6.07) is 12.4. The first-order chi connectivity index (χ1) is 16.4. The lowest BCUT2D eigenvalue weighted by atomic mass is 10.2. The molecule has 2 aliphatic heterocycles. The van der Waals surface area contributed by atoms with E-state index in [0.29, 0.717) is 34.4 Å². The summed E-state index contributed by atoms with van der Waals surface area (Å²) in [6.07, 6.45) is 2.28. The van der Waals surface area contributed by atoms with Gasteiger partial charge >= 0.3 is 6.09 Å². The number of ether oxygens (including phenoxy) is 2. The maximum Gasteiger partial charge on any atom is 0.415 e. The zero-order valence-corrected chi connectivity index (χ0v) is 19.6. The third-order valence-corrected chi connectivity index (χ3v) is 6.44. The number of nitrogens with one attached hydrogen (secondary N) is 1. The van der Waals surface area contributed by atoms with Crippen molar-refractivity contribution in [2.45, 2.75) is 19.0 Å². The van der Waals surface area contributed by atoms with Gasteiger partial charge in [-0.15, -0.1) is 0 Å². The van der Waals surface area contributed by atoms with Crippen molar-refractivity contribution in [3.05, 3.63) is 64.9 Å². The Bertz CT molecular complexity index is 1240. The molecule has 1 aromatic heterocycles. The van der Waals surface area contributed by atoms with Gasteiger partial charge in [0.2, 0.25) is 0 Å². The number of fused-ring (bicyclic) bond motifs is 1. The molecule has 0 aliphatic carbocycles. The maximum atomic E-state index is 13.1. The number of likely N-dealkylation sites (N-methyl/N-ethyl adjacent to an activating group) is 1. The summed E-state index contributed by atoms with van der Waals surface area (Å²) in [5.41, 5.74) is 2.67. The van der Waals surface area contributed by atoms with Gasteiger partial charge in [0, 0.05) is 48.2 Å². The van der Waals surface area contributed by atoms with Crippen molar-refractivity contribution in [3.8, 4) is 17.2 Å². The van der Waals surface area contributed by atoms with Gasteiger partial charge in [-0.05, 0) is 49.4 Å². The third-order valence-electron chi connectivity index (χ3n) is 6.18. The van der Waals surface area contributed by atoms with Gasteiger partial charge in [-0.25, -0.2) is 9.48 Å². The van der Waals surface area contributed by atoms with Crippen LogP contribution in [0.4, 0.5) is 10.5 Å². The molecule has 3 heterocycles. The zero-order valence-electron chi connectivity index (χ0n) is 18.8. The fourth-order valence-corrected chi connectivity index (χ4v) is 4.33. The lowest BCUT2D eigenvalue weighted by Crippen LogP contribution is -2.40. The van der Waals surface area contributed by atoms with Crippen LogP contribution in [-0.2, 0) is 6.54 Å². The SMILES string of the molecule is COc1cc(N2Cc3cn(-c4ccc(Cl)cc4)nc3C2=O)ccc1OC(=O)N(C)C1CCNC1. The van der Waals surface area contributed by atoms with Crippen molar-refractivity contribution < 1.29 is 19.1 Å². The number of amides is 2. The van der Waals surface area contributed by atoms with Gasteiger partial charge in [0.05, 0.1) is 19.3 Å². The molecule has 3 aromatic rings. The van der Waals surface area contributed by atoms with E-state index in [1.54, 1.807) is 51.9 Å². The molecule has 1 fully saturated rings. The van der Waals surface area contributed by atoms with Crippen molar-refractivity contribution in [1.82, 2.24) is 20.0 Å². The van der Waals surface area contributed by atoms with Gasteiger partial charge in [-0.3, -0.25) is 4.79 Å². The number of methoxy groups -OCH3 is 1. The number of carbonyl (C=O) groups excluding carboxylic acids is 2. The standard InChI is InChI=1S/C24H24ClN5O4/c1-28(19-9-10-26-12-19)24(32)34-20-8-7-18(11-21(20)33-2)29-13-15-14-30(27-22(15)23(29)31)17-5-3-16(25)4-6-17/h3-8,11,14,19,26H,9-10,12-13H2,1-2H3. The van der Waals surface area contributed by atoms with Gasteiger partial charge in [-0.1, -0.05) is 11.6 Å². The average Bonchev–Trinajstić information content (AvgIpc) is 3.58. The van der Waals surface area contributed by atoms with E-state index in [0.717, 1.165) is 30.8 Å². The topological polar surface area (TPSA) is 88.9 Å². The van der Waals surface area contributed by atoms with Crippen LogP contribution in [-0.4, -0.2) is 60.0 Å². The van der Waals surface area contributed by atoms with Crippen LogP contribution in [0.3, 0.4) is 0 Å². The van der Waals surface area contributed by atoms with Gasteiger partial charge in [0.25, 0.3) is 5.91 Å². The highest BCUT2D eigenvalue weighted by atomic mass is 35.5. The van der Waals surface area contributed by atoms with E-state index in [-0.39, 0.29) is 11.9 Å². The molecule has 2 amide bonds. The first-order valence-electron chi connectivity index (χ1n) is 10.9. The molecule has 1 N–H and O–H groups in total. The van der Waals surface area contributed by atoms with Crippen LogP contribution in [0.15, 0.2) is 48.7 Å². The number of aromatic nitrogens is 2. The van der Waals surface area contributed by atoms with E-state index in [2.05, 4.69) is 10.4 Å². The van der Waals surface area contributed by atoms with E-state index >= 15 is 0 Å². The van der Waals surface area contributed by atoms with E-state index < -0.39 is 6.09 Å². The second kappa shape index (κ2) is 9.00. The minimum atomic E-state index is -0.451. The molecule has 1 atom stereocenters. The number of benzene rings is 2. The molecule has 176 valence electrons. The minimum Gasteiger partial charge on any atom is -0.493 e. The number of carbonyl (C=O) groups is 2. The van der Waals surface area contributed by atoms with Crippen molar-refractivity contribution in [3.63, 3.8) is 0 Å². The Balaban J connectivity index is 1.32. The van der Waals surface area contributed by atoms with Gasteiger partial charge in [0.1, 0.15) is 0 Å². The number of halogens is 1. The Labute approximate surface area is 201 Å². The lowest BCUT2D eigenvalue weighted by Gasteiger charge is -2.23. The summed E-state index contributed by atoms with van der Waals surface area (Å²) in [6.45, 7) is 2.00. The van der Waals surface area contributed by atoms with Crippen LogP contribution < -0.4 is 19.7 Å². The monoisotopic (exact) mass is 481 g/mol. The molecule has 0 bridgehead atoms. The number of nitrogens with zero attached hydrogens (tertiary/aromatic N) is 4. The molecule has 0 saturated carbocycles. The fourth-order valence-electron chi connectivity index (χ4n) is 4.20. The highest BCUT2D eigenvalue weighted by Crippen LogP contribution is 2.36. The van der Waals surface area contributed by atoms with E-state index in [9.17, 15) is 9.59 Å². The molecule has 34 heavy (non-hydrogen) atoms. The maximum absolute atomic E-state index is 13.1. The molecule has 0 spiro atoms. The second-order valence-corrected chi connectivity index (χ2v) is 8.71. The van der Waals surface area contributed by atoms with Crippen LogP contribution in [0, 0.1) is 0 Å². The third kappa shape index (κ3) is 4.08. The predicted octanol–water partition coefficient (Wildman–Crippen LogP) is 3.49. The largest absolute Gasteiger partial charge is 0.493 e. The number of anilines is 1. The molecule has 1 saturated heterocycles. The highest BCUT2D eigenvalue weighted by Gasteiger charge is 2.33. The summed E-state index contributed by atoms with van der Waals surface area (Å²) in [7, 11) is 3.22. The molecule has 0 radical (unpaired) electrons. The van der Waals surface area contributed by atoms with Crippen LogP contribution in [0.25, 0.3) is 5.69 Å². The smallest absolute Gasteiger partial charge is 0.415 e.